The molecule has 0 aliphatic rings. The molecule has 1 N–H and O–H groups in total. The van der Waals surface area contributed by atoms with E-state index in [1.54, 1.807) is 12.3 Å². The van der Waals surface area contributed by atoms with Gasteiger partial charge in [-0.05, 0) is 6.07 Å². The molecule has 0 unspecified atom stereocenters. The van der Waals surface area contributed by atoms with Crippen molar-refractivity contribution in [1.29, 1.82) is 0 Å². The van der Waals surface area contributed by atoms with Crippen LogP contribution in [-0.2, 0) is 13.6 Å². The Morgan fingerprint density at radius 3 is 2.82 bits per heavy atom. The number of anilines is 1. The lowest BCUT2D eigenvalue weighted by Gasteiger charge is -2.04. The average Bonchev–Trinajstić information content (AvgIpc) is 2.73. The molecule has 0 spiro atoms. The van der Waals surface area contributed by atoms with E-state index in [0.29, 0.717) is 12.4 Å². The van der Waals surface area contributed by atoms with Gasteiger partial charge in [-0.3, -0.25) is 10.1 Å². The van der Waals surface area contributed by atoms with E-state index < -0.39 is 4.92 Å². The van der Waals surface area contributed by atoms with E-state index in [1.165, 1.54) is 12.3 Å². The summed E-state index contributed by atoms with van der Waals surface area (Å²) in [6.45, 7) is 0.522. The van der Waals surface area contributed by atoms with Crippen LogP contribution in [0.15, 0.2) is 30.7 Å². The summed E-state index contributed by atoms with van der Waals surface area (Å²) in [5.74, 6) is 1.45. The van der Waals surface area contributed by atoms with Crippen molar-refractivity contribution < 1.29 is 4.92 Å². The zero-order chi connectivity index (χ0) is 12.3. The first-order valence-corrected chi connectivity index (χ1v) is 4.97. The summed E-state index contributed by atoms with van der Waals surface area (Å²) >= 11 is 0. The lowest BCUT2D eigenvalue weighted by molar-refractivity contribution is -0.385. The van der Waals surface area contributed by atoms with Gasteiger partial charge in [-0.15, -0.1) is 0 Å². The minimum absolute atomic E-state index is 0.0208. The number of rotatable bonds is 4. The van der Waals surface area contributed by atoms with Crippen LogP contribution < -0.4 is 5.32 Å². The fourth-order valence-electron chi connectivity index (χ4n) is 1.34. The van der Waals surface area contributed by atoms with E-state index in [1.807, 2.05) is 17.8 Å². The molecular formula is C10H11N5O2. The van der Waals surface area contributed by atoms with Gasteiger partial charge in [-0.1, -0.05) is 0 Å². The molecule has 17 heavy (non-hydrogen) atoms. The number of hydrogen-bond acceptors (Lipinski definition) is 5. The van der Waals surface area contributed by atoms with Gasteiger partial charge >= 0.3 is 0 Å². The second-order valence-electron chi connectivity index (χ2n) is 3.47. The highest BCUT2D eigenvalue weighted by molar-refractivity contribution is 5.40. The molecule has 7 heteroatoms. The summed E-state index contributed by atoms with van der Waals surface area (Å²) in [5, 5.41) is 13.5. The van der Waals surface area contributed by atoms with Gasteiger partial charge in [-0.25, -0.2) is 9.97 Å². The quantitative estimate of drug-likeness (QED) is 0.636. The topological polar surface area (TPSA) is 85.9 Å². The summed E-state index contributed by atoms with van der Waals surface area (Å²) in [6, 6.07) is 2.98. The van der Waals surface area contributed by atoms with E-state index in [0.717, 1.165) is 5.82 Å². The van der Waals surface area contributed by atoms with Crippen molar-refractivity contribution >= 4 is 11.5 Å². The predicted octanol–water partition coefficient (Wildman–Crippen LogP) is 1.34. The monoisotopic (exact) mass is 233 g/mol. The highest BCUT2D eigenvalue weighted by Gasteiger charge is 2.05. The zero-order valence-corrected chi connectivity index (χ0v) is 9.20. The van der Waals surface area contributed by atoms with Gasteiger partial charge in [0, 0.05) is 25.5 Å². The van der Waals surface area contributed by atoms with Crippen LogP contribution in [0.25, 0.3) is 0 Å². The van der Waals surface area contributed by atoms with Gasteiger partial charge in [0.1, 0.15) is 17.8 Å². The molecule has 2 aromatic heterocycles. The van der Waals surface area contributed by atoms with Crippen LogP contribution in [0, 0.1) is 10.1 Å². The number of nitrogens with one attached hydrogen (secondary N) is 1. The number of nitrogens with zero attached hydrogens (tertiary/aromatic N) is 4. The lowest BCUT2D eigenvalue weighted by Crippen LogP contribution is -2.06. The van der Waals surface area contributed by atoms with Crippen molar-refractivity contribution in [3.63, 3.8) is 0 Å². The Morgan fingerprint density at radius 1 is 1.47 bits per heavy atom. The molecule has 0 atom stereocenters. The maximum Gasteiger partial charge on any atom is 0.287 e. The highest BCUT2D eigenvalue weighted by atomic mass is 16.6. The largest absolute Gasteiger partial charge is 0.363 e. The first-order chi connectivity index (χ1) is 8.16. The molecule has 0 saturated carbocycles. The van der Waals surface area contributed by atoms with Crippen molar-refractivity contribution in [2.75, 3.05) is 5.32 Å². The summed E-state index contributed by atoms with van der Waals surface area (Å²) < 4.78 is 1.89. The SMILES string of the molecule is Cn1ccnc1CNc1ccc([N+](=O)[O-])cn1. The second kappa shape index (κ2) is 4.60. The van der Waals surface area contributed by atoms with E-state index in [4.69, 9.17) is 0 Å². The van der Waals surface area contributed by atoms with Crippen LogP contribution in [0.1, 0.15) is 5.82 Å². The zero-order valence-electron chi connectivity index (χ0n) is 9.20. The molecule has 2 rings (SSSR count). The summed E-state index contributed by atoms with van der Waals surface area (Å²) in [4.78, 5) is 18.0. The Hall–Kier alpha value is -2.44. The third-order valence-electron chi connectivity index (χ3n) is 2.31. The minimum atomic E-state index is -0.477. The minimum Gasteiger partial charge on any atom is -0.363 e. The number of nitro groups is 1. The molecule has 7 nitrogen and oxygen atoms in total. The molecule has 0 aromatic carbocycles. The number of imidazole rings is 1. The first-order valence-electron chi connectivity index (χ1n) is 4.97. The summed E-state index contributed by atoms with van der Waals surface area (Å²) in [7, 11) is 1.90. The fourth-order valence-corrected chi connectivity index (χ4v) is 1.34. The van der Waals surface area contributed by atoms with Gasteiger partial charge in [-0.2, -0.15) is 0 Å². The Kier molecular flexibility index (Phi) is 2.99. The third kappa shape index (κ3) is 2.57. The molecule has 0 saturated heterocycles. The van der Waals surface area contributed by atoms with E-state index in [-0.39, 0.29) is 5.69 Å². The van der Waals surface area contributed by atoms with Crippen LogP contribution in [-0.4, -0.2) is 19.5 Å². The average molecular weight is 233 g/mol. The number of hydrogen-bond donors (Lipinski definition) is 1. The Morgan fingerprint density at radius 2 is 2.29 bits per heavy atom. The van der Waals surface area contributed by atoms with Gasteiger partial charge < -0.3 is 9.88 Å². The number of pyridine rings is 1. The molecule has 0 amide bonds. The Bertz CT molecular complexity index is 520. The van der Waals surface area contributed by atoms with Crippen molar-refractivity contribution in [3.8, 4) is 0 Å². The molecular weight excluding hydrogens is 222 g/mol. The van der Waals surface area contributed by atoms with Gasteiger partial charge in [0.2, 0.25) is 0 Å². The van der Waals surface area contributed by atoms with E-state index in [9.17, 15) is 10.1 Å². The molecule has 0 radical (unpaired) electrons. The molecule has 0 fully saturated rings. The molecule has 0 bridgehead atoms. The van der Waals surface area contributed by atoms with Crippen LogP contribution in [0.5, 0.6) is 0 Å². The van der Waals surface area contributed by atoms with Crippen molar-refractivity contribution in [3.05, 3.63) is 46.7 Å². The normalized spacial score (nSPS) is 10.2. The van der Waals surface area contributed by atoms with Gasteiger partial charge in [0.05, 0.1) is 11.5 Å². The Labute approximate surface area is 97.3 Å². The Balaban J connectivity index is 2.00. The van der Waals surface area contributed by atoms with Crippen LogP contribution >= 0.6 is 0 Å². The van der Waals surface area contributed by atoms with Gasteiger partial charge in [0.25, 0.3) is 5.69 Å². The standard InChI is InChI=1S/C10H11N5O2/c1-14-5-4-11-10(14)7-13-9-3-2-8(6-12-9)15(16)17/h2-6H,7H2,1H3,(H,12,13). The maximum absolute atomic E-state index is 10.4. The number of aromatic nitrogens is 3. The first kappa shape index (κ1) is 11.1. The van der Waals surface area contributed by atoms with Crippen LogP contribution in [0.2, 0.25) is 0 Å². The lowest BCUT2D eigenvalue weighted by atomic mass is 10.4. The molecule has 88 valence electrons. The van der Waals surface area contributed by atoms with Crippen LogP contribution in [0.4, 0.5) is 11.5 Å². The van der Waals surface area contributed by atoms with Crippen molar-refractivity contribution in [1.82, 2.24) is 14.5 Å². The predicted molar refractivity (Wildman–Crippen MR) is 61.4 cm³/mol. The molecule has 0 aliphatic carbocycles. The van der Waals surface area contributed by atoms with Crippen LogP contribution in [0.3, 0.4) is 0 Å². The smallest absolute Gasteiger partial charge is 0.287 e. The highest BCUT2D eigenvalue weighted by Crippen LogP contribution is 2.12. The molecule has 2 aromatic rings. The van der Waals surface area contributed by atoms with E-state index in [2.05, 4.69) is 15.3 Å². The van der Waals surface area contributed by atoms with Crippen molar-refractivity contribution in [2.45, 2.75) is 6.54 Å². The summed E-state index contributed by atoms with van der Waals surface area (Å²) in [6.07, 6.45) is 4.78. The van der Waals surface area contributed by atoms with E-state index >= 15 is 0 Å². The maximum atomic E-state index is 10.4. The van der Waals surface area contributed by atoms with Gasteiger partial charge in [0.15, 0.2) is 0 Å². The number of aryl methyl sites for hydroxylation is 1. The molecule has 2 heterocycles. The summed E-state index contributed by atoms with van der Waals surface area (Å²) in [5.41, 5.74) is -0.0208. The second-order valence-corrected chi connectivity index (χ2v) is 3.47. The third-order valence-corrected chi connectivity index (χ3v) is 2.31. The molecule has 0 aliphatic heterocycles. The fraction of sp³-hybridized carbons (Fsp3) is 0.200. The van der Waals surface area contributed by atoms with Crippen molar-refractivity contribution in [2.24, 2.45) is 7.05 Å².